The first-order valence-electron chi connectivity index (χ1n) is 12.6. The number of nitrogens with zero attached hydrogens (tertiary/aromatic N) is 2. The van der Waals surface area contributed by atoms with Crippen LogP contribution in [0.2, 0.25) is 0 Å². The lowest BCUT2D eigenvalue weighted by molar-refractivity contribution is -0.123. The van der Waals surface area contributed by atoms with Gasteiger partial charge in [-0.15, -0.1) is 0 Å². The fourth-order valence-electron chi connectivity index (χ4n) is 4.80. The molecule has 5 nitrogen and oxygen atoms in total. The van der Waals surface area contributed by atoms with Crippen LogP contribution in [-0.2, 0) is 11.3 Å². The maximum atomic E-state index is 13.5. The summed E-state index contributed by atoms with van der Waals surface area (Å²) < 4.78 is 6.53. The van der Waals surface area contributed by atoms with Gasteiger partial charge in [0.25, 0.3) is 0 Å². The number of nitrogens with one attached hydrogen (secondary N) is 1. The van der Waals surface area contributed by atoms with Crippen LogP contribution in [0.15, 0.2) is 84.9 Å². The van der Waals surface area contributed by atoms with Gasteiger partial charge in [-0.05, 0) is 62.8 Å². The van der Waals surface area contributed by atoms with Crippen LogP contribution >= 0.6 is 0 Å². The molecule has 1 N–H and O–H groups in total. The van der Waals surface area contributed by atoms with Gasteiger partial charge in [0.05, 0.1) is 5.69 Å². The van der Waals surface area contributed by atoms with Crippen LogP contribution in [-0.4, -0.2) is 44.5 Å². The van der Waals surface area contributed by atoms with Crippen molar-refractivity contribution in [1.29, 1.82) is 0 Å². The topological polar surface area (TPSA) is 44.8 Å². The predicted molar refractivity (Wildman–Crippen MR) is 143 cm³/mol. The Labute approximate surface area is 209 Å². The average Bonchev–Trinajstić information content (AvgIpc) is 2.92. The van der Waals surface area contributed by atoms with E-state index in [-0.39, 0.29) is 17.9 Å². The number of benzene rings is 3. The van der Waals surface area contributed by atoms with Crippen LogP contribution in [0.3, 0.4) is 0 Å². The van der Waals surface area contributed by atoms with Gasteiger partial charge < -0.3 is 15.0 Å². The Bertz CT molecular complexity index is 1050. The van der Waals surface area contributed by atoms with E-state index in [1.54, 1.807) is 4.90 Å². The highest BCUT2D eigenvalue weighted by atomic mass is 16.5. The molecular weight excluding hydrogens is 434 g/mol. The second kappa shape index (κ2) is 12.5. The lowest BCUT2D eigenvalue weighted by Gasteiger charge is -2.33. The highest BCUT2D eigenvalue weighted by molar-refractivity contribution is 5.96. The predicted octanol–water partition coefficient (Wildman–Crippen LogP) is 5.29. The summed E-state index contributed by atoms with van der Waals surface area (Å²) in [6.07, 6.45) is 2.52. The Morgan fingerprint density at radius 3 is 2.29 bits per heavy atom. The third-order valence-electron chi connectivity index (χ3n) is 6.84. The minimum atomic E-state index is -0.0884. The summed E-state index contributed by atoms with van der Waals surface area (Å²) in [5.74, 6) is 0.955. The average molecular weight is 472 g/mol. The molecule has 0 aromatic heterocycles. The molecule has 1 unspecified atom stereocenters. The number of carbonyl (C=O) groups is 1. The first-order chi connectivity index (χ1) is 17.2. The fraction of sp³-hybridized carbons (Fsp3) is 0.367. The molecule has 1 amide bonds. The summed E-state index contributed by atoms with van der Waals surface area (Å²) in [4.78, 5) is 17.7. The van der Waals surface area contributed by atoms with Crippen LogP contribution < -0.4 is 15.0 Å². The van der Waals surface area contributed by atoms with Crippen molar-refractivity contribution >= 4 is 11.6 Å². The number of rotatable bonds is 10. The summed E-state index contributed by atoms with van der Waals surface area (Å²) in [6, 6.07) is 28.7. The number of para-hydroxylation sites is 2. The molecule has 0 aliphatic carbocycles. The SMILES string of the molecule is CNCCC(Oc1ccccc1N(C)C(=O)C1CCN(Cc2ccccc2)CC1)c1ccccc1. The number of piperidine rings is 1. The molecule has 0 spiro atoms. The minimum absolute atomic E-state index is 0.0364. The zero-order valence-corrected chi connectivity index (χ0v) is 20.9. The normalized spacial score (nSPS) is 15.5. The Morgan fingerprint density at radius 2 is 1.60 bits per heavy atom. The summed E-state index contributed by atoms with van der Waals surface area (Å²) in [6.45, 7) is 3.68. The van der Waals surface area contributed by atoms with Gasteiger partial charge in [0, 0.05) is 25.9 Å². The molecule has 1 heterocycles. The van der Waals surface area contributed by atoms with E-state index < -0.39 is 0 Å². The van der Waals surface area contributed by atoms with Crippen molar-refractivity contribution in [2.75, 3.05) is 38.6 Å². The third kappa shape index (κ3) is 6.71. The molecule has 0 bridgehead atoms. The molecule has 1 atom stereocenters. The lowest BCUT2D eigenvalue weighted by Crippen LogP contribution is -2.41. The third-order valence-corrected chi connectivity index (χ3v) is 6.84. The zero-order chi connectivity index (χ0) is 24.5. The van der Waals surface area contributed by atoms with E-state index in [0.717, 1.165) is 62.4 Å². The van der Waals surface area contributed by atoms with E-state index in [4.69, 9.17) is 4.74 Å². The Balaban J connectivity index is 1.41. The number of hydrogen-bond acceptors (Lipinski definition) is 4. The molecular formula is C30H37N3O2. The molecule has 184 valence electrons. The number of carbonyl (C=O) groups excluding carboxylic acids is 1. The van der Waals surface area contributed by atoms with Gasteiger partial charge in [-0.25, -0.2) is 0 Å². The van der Waals surface area contributed by atoms with Crippen molar-refractivity contribution in [3.05, 3.63) is 96.1 Å². The van der Waals surface area contributed by atoms with Crippen molar-refractivity contribution in [3.8, 4) is 5.75 Å². The molecule has 1 aliphatic rings. The molecule has 0 saturated carbocycles. The van der Waals surface area contributed by atoms with Crippen LogP contribution in [0.4, 0.5) is 5.69 Å². The molecule has 5 heteroatoms. The first kappa shape index (κ1) is 25.0. The Morgan fingerprint density at radius 1 is 0.971 bits per heavy atom. The van der Waals surface area contributed by atoms with Crippen LogP contribution in [0.25, 0.3) is 0 Å². The maximum Gasteiger partial charge on any atom is 0.230 e. The van der Waals surface area contributed by atoms with E-state index in [1.165, 1.54) is 5.56 Å². The highest BCUT2D eigenvalue weighted by Gasteiger charge is 2.29. The largest absolute Gasteiger partial charge is 0.483 e. The monoisotopic (exact) mass is 471 g/mol. The van der Waals surface area contributed by atoms with Crippen molar-refractivity contribution in [3.63, 3.8) is 0 Å². The molecule has 0 radical (unpaired) electrons. The molecule has 1 fully saturated rings. The summed E-state index contributed by atoms with van der Waals surface area (Å²) in [5, 5.41) is 3.22. The lowest BCUT2D eigenvalue weighted by atomic mass is 9.94. The minimum Gasteiger partial charge on any atom is -0.483 e. The number of likely N-dealkylation sites (tertiary alicyclic amines) is 1. The summed E-state index contributed by atoms with van der Waals surface area (Å²) in [5.41, 5.74) is 3.29. The Hall–Kier alpha value is -3.15. The van der Waals surface area contributed by atoms with Crippen molar-refractivity contribution < 1.29 is 9.53 Å². The van der Waals surface area contributed by atoms with Gasteiger partial charge in [0.1, 0.15) is 11.9 Å². The molecule has 3 aromatic rings. The smallest absolute Gasteiger partial charge is 0.230 e. The van der Waals surface area contributed by atoms with Crippen LogP contribution in [0.5, 0.6) is 5.75 Å². The highest BCUT2D eigenvalue weighted by Crippen LogP contribution is 2.34. The van der Waals surface area contributed by atoms with Crippen molar-refractivity contribution in [1.82, 2.24) is 10.2 Å². The van der Waals surface area contributed by atoms with Gasteiger partial charge in [-0.1, -0.05) is 72.8 Å². The van der Waals surface area contributed by atoms with E-state index in [2.05, 4.69) is 52.7 Å². The van der Waals surface area contributed by atoms with Crippen LogP contribution in [0.1, 0.15) is 36.5 Å². The van der Waals surface area contributed by atoms with E-state index >= 15 is 0 Å². The zero-order valence-electron chi connectivity index (χ0n) is 20.9. The molecule has 1 saturated heterocycles. The molecule has 35 heavy (non-hydrogen) atoms. The van der Waals surface area contributed by atoms with Gasteiger partial charge in [0.2, 0.25) is 5.91 Å². The summed E-state index contributed by atoms with van der Waals surface area (Å²) in [7, 11) is 3.83. The van der Waals surface area contributed by atoms with Gasteiger partial charge >= 0.3 is 0 Å². The number of ether oxygens (including phenoxy) is 1. The number of hydrogen-bond donors (Lipinski definition) is 1. The van der Waals surface area contributed by atoms with E-state index in [0.29, 0.717) is 0 Å². The van der Waals surface area contributed by atoms with Crippen LogP contribution in [0, 0.1) is 5.92 Å². The quantitative estimate of drug-likeness (QED) is 0.436. The second-order valence-electron chi connectivity index (χ2n) is 9.31. The van der Waals surface area contributed by atoms with Crippen molar-refractivity contribution in [2.24, 2.45) is 5.92 Å². The van der Waals surface area contributed by atoms with Gasteiger partial charge in [-0.3, -0.25) is 9.69 Å². The van der Waals surface area contributed by atoms with E-state index in [9.17, 15) is 4.79 Å². The Kier molecular flexibility index (Phi) is 8.93. The molecule has 4 rings (SSSR count). The van der Waals surface area contributed by atoms with Crippen molar-refractivity contribution in [2.45, 2.75) is 31.9 Å². The standard InChI is InChI=1S/C30H37N3O2/c1-31-20-17-28(25-13-7-4-8-14-25)35-29-16-10-9-15-27(29)32(2)30(34)26-18-21-33(22-19-26)23-24-11-5-3-6-12-24/h3-16,26,28,31H,17-23H2,1-2H3. The van der Waals surface area contributed by atoms with E-state index in [1.807, 2.05) is 56.6 Å². The molecule has 3 aromatic carbocycles. The first-order valence-corrected chi connectivity index (χ1v) is 12.6. The van der Waals surface area contributed by atoms with Gasteiger partial charge in [0.15, 0.2) is 0 Å². The number of anilines is 1. The fourth-order valence-corrected chi connectivity index (χ4v) is 4.80. The summed E-state index contributed by atoms with van der Waals surface area (Å²) >= 11 is 0. The van der Waals surface area contributed by atoms with Gasteiger partial charge in [-0.2, -0.15) is 0 Å². The number of amides is 1. The molecule has 1 aliphatic heterocycles. The second-order valence-corrected chi connectivity index (χ2v) is 9.31. The maximum absolute atomic E-state index is 13.5.